The lowest BCUT2D eigenvalue weighted by molar-refractivity contribution is 0.130. The number of nitrogens with two attached hydrogens (primary N) is 1. The second kappa shape index (κ2) is 7.11. The highest BCUT2D eigenvalue weighted by Crippen LogP contribution is 2.31. The molecule has 1 aromatic heterocycles. The molecule has 0 radical (unpaired) electrons. The normalized spacial score (nSPS) is 18.6. The molecule has 0 aromatic carbocycles. The van der Waals surface area contributed by atoms with E-state index in [1.807, 2.05) is 6.26 Å². The molecule has 1 aliphatic carbocycles. The van der Waals surface area contributed by atoms with Crippen molar-refractivity contribution in [3.63, 3.8) is 0 Å². The minimum Gasteiger partial charge on any atom is -0.472 e. The summed E-state index contributed by atoms with van der Waals surface area (Å²) in [6.45, 7) is 6.41. The zero-order valence-electron chi connectivity index (χ0n) is 12.3. The van der Waals surface area contributed by atoms with Gasteiger partial charge in [-0.1, -0.05) is 26.7 Å². The SMILES string of the molecule is CC(C)CCN(C1CCCC1)C(CN)c1ccoc1. The molecule has 0 bridgehead atoms. The van der Waals surface area contributed by atoms with E-state index in [1.54, 1.807) is 6.26 Å². The minimum absolute atomic E-state index is 0.320. The first-order valence-corrected chi connectivity index (χ1v) is 7.70. The average Bonchev–Trinajstić information content (AvgIpc) is 3.06. The van der Waals surface area contributed by atoms with E-state index in [1.165, 1.54) is 37.7 Å². The molecule has 1 atom stereocenters. The Morgan fingerprint density at radius 1 is 1.37 bits per heavy atom. The van der Waals surface area contributed by atoms with E-state index in [2.05, 4.69) is 24.8 Å². The Kier molecular flexibility index (Phi) is 5.46. The summed E-state index contributed by atoms with van der Waals surface area (Å²) in [6, 6.07) is 3.09. The van der Waals surface area contributed by atoms with Crippen molar-refractivity contribution < 1.29 is 4.42 Å². The lowest BCUT2D eigenvalue weighted by atomic mass is 10.0. The first-order chi connectivity index (χ1) is 9.22. The monoisotopic (exact) mass is 264 g/mol. The van der Waals surface area contributed by atoms with Gasteiger partial charge in [0.05, 0.1) is 18.6 Å². The summed E-state index contributed by atoms with van der Waals surface area (Å²) < 4.78 is 5.25. The average molecular weight is 264 g/mol. The zero-order chi connectivity index (χ0) is 13.7. The molecule has 0 aliphatic heterocycles. The molecule has 3 nitrogen and oxygen atoms in total. The van der Waals surface area contributed by atoms with Crippen molar-refractivity contribution in [2.45, 2.75) is 58.0 Å². The van der Waals surface area contributed by atoms with Gasteiger partial charge in [0.25, 0.3) is 0 Å². The Hall–Kier alpha value is -0.800. The Labute approximate surface area is 117 Å². The Bertz CT molecular complexity index is 342. The third-order valence-electron chi connectivity index (χ3n) is 4.31. The highest BCUT2D eigenvalue weighted by molar-refractivity contribution is 5.13. The lowest BCUT2D eigenvalue weighted by Crippen LogP contribution is -2.41. The quantitative estimate of drug-likeness (QED) is 0.818. The fourth-order valence-electron chi connectivity index (χ4n) is 3.16. The standard InChI is InChI=1S/C16H28N2O/c1-13(2)7-9-18(15-5-3-4-6-15)16(11-17)14-8-10-19-12-14/h8,10,12-13,15-16H,3-7,9,11,17H2,1-2H3. The van der Waals surface area contributed by atoms with Crippen molar-refractivity contribution in [3.8, 4) is 0 Å². The molecule has 1 fully saturated rings. The molecule has 0 spiro atoms. The second-order valence-electron chi connectivity index (χ2n) is 6.17. The molecule has 1 aromatic rings. The van der Waals surface area contributed by atoms with Crippen molar-refractivity contribution in [2.75, 3.05) is 13.1 Å². The summed E-state index contributed by atoms with van der Waals surface area (Å²) in [5, 5.41) is 0. The Balaban J connectivity index is 2.09. The fraction of sp³-hybridized carbons (Fsp3) is 0.750. The van der Waals surface area contributed by atoms with Gasteiger partial charge < -0.3 is 10.2 Å². The highest BCUT2D eigenvalue weighted by atomic mass is 16.3. The van der Waals surface area contributed by atoms with E-state index in [0.717, 1.165) is 12.5 Å². The first kappa shape index (κ1) is 14.6. The second-order valence-corrected chi connectivity index (χ2v) is 6.17. The third kappa shape index (κ3) is 3.83. The van der Waals surface area contributed by atoms with E-state index in [0.29, 0.717) is 18.6 Å². The minimum atomic E-state index is 0.320. The smallest absolute Gasteiger partial charge is 0.0950 e. The molecule has 1 saturated carbocycles. The van der Waals surface area contributed by atoms with E-state index in [4.69, 9.17) is 10.2 Å². The summed E-state index contributed by atoms with van der Waals surface area (Å²) in [6.07, 6.45) is 10.2. The van der Waals surface area contributed by atoms with Gasteiger partial charge in [0.15, 0.2) is 0 Å². The molecular weight excluding hydrogens is 236 g/mol. The van der Waals surface area contributed by atoms with Gasteiger partial charge in [-0.2, -0.15) is 0 Å². The number of rotatable bonds is 7. The summed E-state index contributed by atoms with van der Waals surface area (Å²) in [5.74, 6) is 0.742. The lowest BCUT2D eigenvalue weighted by Gasteiger charge is -2.36. The predicted molar refractivity (Wildman–Crippen MR) is 78.9 cm³/mol. The maximum Gasteiger partial charge on any atom is 0.0950 e. The van der Waals surface area contributed by atoms with Crippen molar-refractivity contribution in [2.24, 2.45) is 11.7 Å². The van der Waals surface area contributed by atoms with E-state index in [9.17, 15) is 0 Å². The fourth-order valence-corrected chi connectivity index (χ4v) is 3.16. The van der Waals surface area contributed by atoms with Crippen LogP contribution in [0.2, 0.25) is 0 Å². The summed E-state index contributed by atoms with van der Waals surface area (Å²) in [4.78, 5) is 2.64. The van der Waals surface area contributed by atoms with Gasteiger partial charge >= 0.3 is 0 Å². The van der Waals surface area contributed by atoms with Crippen LogP contribution in [-0.4, -0.2) is 24.0 Å². The van der Waals surface area contributed by atoms with Crippen molar-refractivity contribution in [1.29, 1.82) is 0 Å². The van der Waals surface area contributed by atoms with Crippen LogP contribution >= 0.6 is 0 Å². The van der Waals surface area contributed by atoms with Crippen molar-refractivity contribution in [1.82, 2.24) is 4.90 Å². The van der Waals surface area contributed by atoms with Crippen LogP contribution < -0.4 is 5.73 Å². The van der Waals surface area contributed by atoms with Crippen LogP contribution in [0.5, 0.6) is 0 Å². The van der Waals surface area contributed by atoms with Crippen LogP contribution in [0.3, 0.4) is 0 Å². The van der Waals surface area contributed by atoms with Gasteiger partial charge in [-0.15, -0.1) is 0 Å². The number of hydrogen-bond acceptors (Lipinski definition) is 3. The van der Waals surface area contributed by atoms with Gasteiger partial charge in [0.2, 0.25) is 0 Å². The largest absolute Gasteiger partial charge is 0.472 e. The maximum atomic E-state index is 6.06. The summed E-state index contributed by atoms with van der Waals surface area (Å²) in [5.41, 5.74) is 7.29. The summed E-state index contributed by atoms with van der Waals surface area (Å²) in [7, 11) is 0. The molecular formula is C16H28N2O. The van der Waals surface area contributed by atoms with Gasteiger partial charge in [0.1, 0.15) is 0 Å². The molecule has 1 heterocycles. The molecule has 3 heteroatoms. The molecule has 1 aliphatic rings. The molecule has 2 rings (SSSR count). The van der Waals surface area contributed by atoms with Crippen molar-refractivity contribution in [3.05, 3.63) is 24.2 Å². The van der Waals surface area contributed by atoms with Crippen LogP contribution in [-0.2, 0) is 0 Å². The molecule has 0 amide bonds. The zero-order valence-corrected chi connectivity index (χ0v) is 12.3. The topological polar surface area (TPSA) is 42.4 Å². The van der Waals surface area contributed by atoms with Crippen LogP contribution in [0.4, 0.5) is 0 Å². The summed E-state index contributed by atoms with van der Waals surface area (Å²) >= 11 is 0. The Morgan fingerprint density at radius 3 is 2.63 bits per heavy atom. The molecule has 0 saturated heterocycles. The van der Waals surface area contributed by atoms with Gasteiger partial charge in [-0.25, -0.2) is 0 Å². The number of furan rings is 1. The maximum absolute atomic E-state index is 6.06. The van der Waals surface area contributed by atoms with Crippen LogP contribution in [0.15, 0.2) is 23.0 Å². The van der Waals surface area contributed by atoms with Crippen LogP contribution in [0.25, 0.3) is 0 Å². The molecule has 2 N–H and O–H groups in total. The van der Waals surface area contributed by atoms with E-state index >= 15 is 0 Å². The van der Waals surface area contributed by atoms with E-state index in [-0.39, 0.29) is 0 Å². The van der Waals surface area contributed by atoms with Crippen LogP contribution in [0, 0.1) is 5.92 Å². The third-order valence-corrected chi connectivity index (χ3v) is 4.31. The van der Waals surface area contributed by atoms with Gasteiger partial charge in [0, 0.05) is 18.2 Å². The van der Waals surface area contributed by atoms with Gasteiger partial charge in [-0.05, 0) is 37.8 Å². The highest BCUT2D eigenvalue weighted by Gasteiger charge is 2.29. The van der Waals surface area contributed by atoms with Gasteiger partial charge in [-0.3, -0.25) is 4.90 Å². The Morgan fingerprint density at radius 2 is 2.11 bits per heavy atom. The van der Waals surface area contributed by atoms with E-state index < -0.39 is 0 Å². The first-order valence-electron chi connectivity index (χ1n) is 7.70. The van der Waals surface area contributed by atoms with Crippen molar-refractivity contribution >= 4 is 0 Å². The number of hydrogen-bond donors (Lipinski definition) is 1. The molecule has 19 heavy (non-hydrogen) atoms. The molecule has 108 valence electrons. The molecule has 1 unspecified atom stereocenters. The predicted octanol–water partition coefficient (Wildman–Crippen LogP) is 3.57. The van der Waals surface area contributed by atoms with Crippen LogP contribution in [0.1, 0.15) is 57.6 Å². The number of nitrogens with zero attached hydrogens (tertiary/aromatic N) is 1.